The van der Waals surface area contributed by atoms with E-state index >= 15 is 0 Å². The fourth-order valence-corrected chi connectivity index (χ4v) is 4.80. The summed E-state index contributed by atoms with van der Waals surface area (Å²) in [7, 11) is -3.86. The van der Waals surface area contributed by atoms with Gasteiger partial charge in [-0.1, -0.05) is 15.9 Å². The predicted octanol–water partition coefficient (Wildman–Crippen LogP) is 0.696. The molecule has 2 aliphatic heterocycles. The first kappa shape index (κ1) is 15.9. The first-order valence-electron chi connectivity index (χ1n) is 7.10. The van der Waals surface area contributed by atoms with E-state index in [9.17, 15) is 13.2 Å². The molecular weight excluding hydrogens is 370 g/mol. The maximum Gasteiger partial charge on any atom is 0.254 e. The molecule has 2 saturated heterocycles. The number of nitrogens with zero attached hydrogens (tertiary/aromatic N) is 1. The summed E-state index contributed by atoms with van der Waals surface area (Å²) in [6.07, 6.45) is 0. The molecule has 2 aliphatic rings. The van der Waals surface area contributed by atoms with Crippen LogP contribution in [-0.2, 0) is 10.0 Å². The molecule has 8 heteroatoms. The molecular formula is C14H18BrN3O3S. The van der Waals surface area contributed by atoms with Crippen LogP contribution in [0.1, 0.15) is 15.9 Å². The molecule has 22 heavy (non-hydrogen) atoms. The monoisotopic (exact) mass is 387 g/mol. The van der Waals surface area contributed by atoms with Crippen molar-refractivity contribution in [1.29, 1.82) is 0 Å². The largest absolute Gasteiger partial charge is 0.338 e. The van der Waals surface area contributed by atoms with E-state index in [0.717, 1.165) is 13.1 Å². The second kappa shape index (κ2) is 5.59. The summed E-state index contributed by atoms with van der Waals surface area (Å²) in [6, 6.07) is 3.10. The molecule has 1 aromatic rings. The number of primary sulfonamides is 1. The molecule has 1 amide bonds. The number of rotatable bonds is 2. The number of benzene rings is 1. The van der Waals surface area contributed by atoms with Gasteiger partial charge in [0, 0.05) is 36.2 Å². The molecule has 2 fully saturated rings. The third-order valence-electron chi connectivity index (χ3n) is 4.54. The second-order valence-electron chi connectivity index (χ2n) is 6.01. The number of nitrogens with one attached hydrogen (secondary N) is 1. The van der Waals surface area contributed by atoms with Gasteiger partial charge >= 0.3 is 0 Å². The van der Waals surface area contributed by atoms with Crippen molar-refractivity contribution in [1.82, 2.24) is 10.2 Å². The molecule has 2 heterocycles. The zero-order chi connectivity index (χ0) is 16.1. The van der Waals surface area contributed by atoms with Gasteiger partial charge < -0.3 is 10.2 Å². The Balaban J connectivity index is 1.95. The number of nitrogens with two attached hydrogens (primary N) is 1. The third-order valence-corrected chi connectivity index (χ3v) is 6.03. The minimum atomic E-state index is -3.86. The zero-order valence-electron chi connectivity index (χ0n) is 12.2. The van der Waals surface area contributed by atoms with Crippen molar-refractivity contribution < 1.29 is 13.2 Å². The van der Waals surface area contributed by atoms with Crippen LogP contribution in [0, 0.1) is 18.8 Å². The molecule has 0 aromatic heterocycles. The highest BCUT2D eigenvalue weighted by molar-refractivity contribution is 9.10. The second-order valence-corrected chi connectivity index (χ2v) is 8.46. The lowest BCUT2D eigenvalue weighted by Gasteiger charge is -2.20. The van der Waals surface area contributed by atoms with Crippen LogP contribution in [0.5, 0.6) is 0 Å². The summed E-state index contributed by atoms with van der Waals surface area (Å²) < 4.78 is 23.9. The van der Waals surface area contributed by atoms with Crippen molar-refractivity contribution in [2.75, 3.05) is 26.2 Å². The average molecular weight is 388 g/mol. The van der Waals surface area contributed by atoms with E-state index in [4.69, 9.17) is 5.14 Å². The maximum atomic E-state index is 12.8. The Kier molecular flexibility index (Phi) is 4.05. The highest BCUT2D eigenvalue weighted by Crippen LogP contribution is 2.30. The fourth-order valence-electron chi connectivity index (χ4n) is 3.36. The third kappa shape index (κ3) is 2.80. The molecule has 0 bridgehead atoms. The minimum Gasteiger partial charge on any atom is -0.338 e. The highest BCUT2D eigenvalue weighted by atomic mass is 79.9. The van der Waals surface area contributed by atoms with E-state index in [2.05, 4.69) is 21.2 Å². The van der Waals surface area contributed by atoms with Gasteiger partial charge in [0.15, 0.2) is 0 Å². The van der Waals surface area contributed by atoms with Crippen LogP contribution in [0.4, 0.5) is 0 Å². The van der Waals surface area contributed by atoms with Crippen LogP contribution in [0.25, 0.3) is 0 Å². The molecule has 0 unspecified atom stereocenters. The van der Waals surface area contributed by atoms with Crippen LogP contribution in [0.15, 0.2) is 21.5 Å². The Morgan fingerprint density at radius 1 is 1.32 bits per heavy atom. The summed E-state index contributed by atoms with van der Waals surface area (Å²) in [6.45, 7) is 4.93. The van der Waals surface area contributed by atoms with E-state index in [1.165, 1.54) is 6.07 Å². The van der Waals surface area contributed by atoms with E-state index in [1.807, 2.05) is 4.90 Å². The smallest absolute Gasteiger partial charge is 0.254 e. The number of sulfonamides is 1. The quantitative estimate of drug-likeness (QED) is 0.780. The van der Waals surface area contributed by atoms with Crippen molar-refractivity contribution in [3.63, 3.8) is 0 Å². The predicted molar refractivity (Wildman–Crippen MR) is 86.0 cm³/mol. The first-order chi connectivity index (χ1) is 10.3. The molecule has 3 N–H and O–H groups in total. The molecule has 6 nitrogen and oxygen atoms in total. The van der Waals surface area contributed by atoms with Gasteiger partial charge in [-0.25, -0.2) is 13.6 Å². The van der Waals surface area contributed by atoms with E-state index < -0.39 is 10.0 Å². The van der Waals surface area contributed by atoms with Crippen LogP contribution >= 0.6 is 15.9 Å². The lowest BCUT2D eigenvalue weighted by Crippen LogP contribution is -2.32. The van der Waals surface area contributed by atoms with Gasteiger partial charge in [0.1, 0.15) is 0 Å². The summed E-state index contributed by atoms with van der Waals surface area (Å²) in [4.78, 5) is 14.6. The number of likely N-dealkylation sites (tertiary alicyclic amines) is 1. The molecule has 2 atom stereocenters. The van der Waals surface area contributed by atoms with Gasteiger partial charge in [0.2, 0.25) is 10.0 Å². The van der Waals surface area contributed by atoms with Crippen molar-refractivity contribution >= 4 is 31.9 Å². The van der Waals surface area contributed by atoms with Crippen molar-refractivity contribution in [3.05, 3.63) is 27.7 Å². The van der Waals surface area contributed by atoms with E-state index in [1.54, 1.807) is 13.0 Å². The Labute approximate surface area is 138 Å². The summed E-state index contributed by atoms with van der Waals surface area (Å²) in [5, 5.41) is 8.57. The van der Waals surface area contributed by atoms with Gasteiger partial charge in [-0.2, -0.15) is 0 Å². The Bertz CT molecular complexity index is 723. The van der Waals surface area contributed by atoms with Gasteiger partial charge in [-0.15, -0.1) is 0 Å². The molecule has 0 aliphatic carbocycles. The van der Waals surface area contributed by atoms with E-state index in [0.29, 0.717) is 40.5 Å². The van der Waals surface area contributed by atoms with Crippen molar-refractivity contribution in [3.8, 4) is 0 Å². The van der Waals surface area contributed by atoms with Crippen LogP contribution in [-0.4, -0.2) is 45.4 Å². The Hall–Kier alpha value is -0.960. The Morgan fingerprint density at radius 3 is 2.45 bits per heavy atom. The molecule has 120 valence electrons. The number of amides is 1. The summed E-state index contributed by atoms with van der Waals surface area (Å²) in [5.74, 6) is 0.862. The summed E-state index contributed by atoms with van der Waals surface area (Å²) >= 11 is 3.26. The average Bonchev–Trinajstić information content (AvgIpc) is 2.99. The van der Waals surface area contributed by atoms with Gasteiger partial charge in [0.05, 0.1) is 4.90 Å². The number of carbonyl (C=O) groups is 1. The standard InChI is InChI=1S/C14H18BrN3O3S/c1-8-12(2-11(15)3-13(8)22(16,20)21)14(19)18-6-9-4-17-5-10(9)7-18/h2-3,9-10,17H,4-7H2,1H3,(H2,16,20,21)/t9-,10+. The number of carbonyl (C=O) groups excluding carboxylic acids is 1. The molecule has 0 saturated carbocycles. The lowest BCUT2D eigenvalue weighted by molar-refractivity contribution is 0.0780. The molecule has 3 rings (SSSR count). The number of halogens is 1. The van der Waals surface area contributed by atoms with Gasteiger partial charge in [-0.05, 0) is 36.5 Å². The van der Waals surface area contributed by atoms with Crippen LogP contribution in [0.3, 0.4) is 0 Å². The van der Waals surface area contributed by atoms with Crippen molar-refractivity contribution in [2.45, 2.75) is 11.8 Å². The van der Waals surface area contributed by atoms with Crippen LogP contribution < -0.4 is 10.5 Å². The highest BCUT2D eigenvalue weighted by Gasteiger charge is 2.38. The number of fused-ring (bicyclic) bond motifs is 1. The van der Waals surface area contributed by atoms with Crippen molar-refractivity contribution in [2.24, 2.45) is 17.0 Å². The topological polar surface area (TPSA) is 92.5 Å². The number of hydrogen-bond acceptors (Lipinski definition) is 4. The molecule has 0 spiro atoms. The van der Waals surface area contributed by atoms with E-state index in [-0.39, 0.29) is 10.8 Å². The number of hydrogen-bond donors (Lipinski definition) is 2. The fraction of sp³-hybridized carbons (Fsp3) is 0.500. The normalized spacial score (nSPS) is 24.6. The zero-order valence-corrected chi connectivity index (χ0v) is 14.6. The first-order valence-corrected chi connectivity index (χ1v) is 9.44. The van der Waals surface area contributed by atoms with Gasteiger partial charge in [0.25, 0.3) is 5.91 Å². The van der Waals surface area contributed by atoms with Gasteiger partial charge in [-0.3, -0.25) is 4.79 Å². The molecule has 1 aromatic carbocycles. The minimum absolute atomic E-state index is 0.00807. The summed E-state index contributed by atoms with van der Waals surface area (Å²) in [5.41, 5.74) is 0.803. The molecule has 0 radical (unpaired) electrons. The lowest BCUT2D eigenvalue weighted by atomic mass is 10.0. The SMILES string of the molecule is Cc1c(C(=O)N2C[C@H]3CNC[C@H]3C2)cc(Br)cc1S(N)(=O)=O. The Morgan fingerprint density at radius 2 is 1.91 bits per heavy atom. The maximum absolute atomic E-state index is 12.8. The van der Waals surface area contributed by atoms with Crippen LogP contribution in [0.2, 0.25) is 0 Å².